The van der Waals surface area contributed by atoms with Gasteiger partial charge in [0.2, 0.25) is 0 Å². The third-order valence-corrected chi connectivity index (χ3v) is 3.75. The van der Waals surface area contributed by atoms with Gasteiger partial charge in [-0.3, -0.25) is 0 Å². The van der Waals surface area contributed by atoms with Gasteiger partial charge in [0, 0.05) is 12.4 Å². The van der Waals surface area contributed by atoms with Crippen molar-refractivity contribution < 1.29 is 9.50 Å². The van der Waals surface area contributed by atoms with Crippen LogP contribution in [0.5, 0.6) is 0 Å². The molecule has 0 radical (unpaired) electrons. The van der Waals surface area contributed by atoms with Gasteiger partial charge in [-0.2, -0.15) is 11.8 Å². The largest absolute Gasteiger partial charge is 0.396 e. The van der Waals surface area contributed by atoms with E-state index in [1.807, 2.05) is 13.0 Å². The Bertz CT molecular complexity index is 319. The second-order valence-electron chi connectivity index (χ2n) is 3.52. The van der Waals surface area contributed by atoms with Crippen molar-refractivity contribution in [2.24, 2.45) is 5.92 Å². The van der Waals surface area contributed by atoms with E-state index >= 15 is 0 Å². The summed E-state index contributed by atoms with van der Waals surface area (Å²) in [4.78, 5) is 0. The van der Waals surface area contributed by atoms with E-state index in [-0.39, 0.29) is 23.4 Å². The van der Waals surface area contributed by atoms with Crippen LogP contribution < -0.4 is 0 Å². The summed E-state index contributed by atoms with van der Waals surface area (Å²) in [5, 5.41) is 9.04. The van der Waals surface area contributed by atoms with Crippen molar-refractivity contribution in [3.63, 3.8) is 0 Å². The molecule has 0 saturated heterocycles. The van der Waals surface area contributed by atoms with Gasteiger partial charge in [0.05, 0.1) is 5.02 Å². The van der Waals surface area contributed by atoms with Gasteiger partial charge >= 0.3 is 0 Å². The predicted molar refractivity (Wildman–Crippen MR) is 63.8 cm³/mol. The summed E-state index contributed by atoms with van der Waals surface area (Å²) in [5.41, 5.74) is 0.812. The fourth-order valence-corrected chi connectivity index (χ4v) is 2.44. The highest BCUT2D eigenvalue weighted by atomic mass is 35.5. The lowest BCUT2D eigenvalue weighted by Crippen LogP contribution is -2.03. The van der Waals surface area contributed by atoms with Crippen molar-refractivity contribution in [2.45, 2.75) is 12.7 Å². The van der Waals surface area contributed by atoms with Crippen molar-refractivity contribution in [1.29, 1.82) is 0 Å². The van der Waals surface area contributed by atoms with E-state index in [9.17, 15) is 4.39 Å². The highest BCUT2D eigenvalue weighted by molar-refractivity contribution is 7.98. The van der Waals surface area contributed by atoms with E-state index in [4.69, 9.17) is 16.7 Å². The lowest BCUT2D eigenvalue weighted by molar-refractivity contribution is 0.250. The normalized spacial score (nSPS) is 12.8. The molecular formula is C11H14ClFOS. The molecule has 4 heteroatoms. The quantitative estimate of drug-likeness (QED) is 0.863. The second-order valence-corrected chi connectivity index (χ2v) is 4.92. The van der Waals surface area contributed by atoms with Crippen LogP contribution in [0.4, 0.5) is 4.39 Å². The van der Waals surface area contributed by atoms with Crippen LogP contribution in [0.15, 0.2) is 18.2 Å². The first-order valence-corrected chi connectivity index (χ1v) is 6.30. The van der Waals surface area contributed by atoms with Gasteiger partial charge in [0.15, 0.2) is 0 Å². The Kier molecular flexibility index (Phi) is 5.43. The number of thioether (sulfide) groups is 1. The molecule has 0 bridgehead atoms. The van der Waals surface area contributed by atoms with E-state index in [1.165, 1.54) is 6.07 Å². The zero-order valence-electron chi connectivity index (χ0n) is 8.54. The van der Waals surface area contributed by atoms with Gasteiger partial charge in [-0.25, -0.2) is 4.39 Å². The van der Waals surface area contributed by atoms with Gasteiger partial charge in [-0.15, -0.1) is 0 Å². The smallest absolute Gasteiger partial charge is 0.142 e. The first-order valence-electron chi connectivity index (χ1n) is 4.76. The average molecular weight is 249 g/mol. The first-order chi connectivity index (χ1) is 7.15. The summed E-state index contributed by atoms with van der Waals surface area (Å²) in [7, 11) is 0. The molecule has 1 aromatic rings. The third kappa shape index (κ3) is 4.01. The van der Waals surface area contributed by atoms with Crippen LogP contribution in [0.3, 0.4) is 0 Å². The summed E-state index contributed by atoms with van der Waals surface area (Å²) < 4.78 is 13.1. The molecule has 0 aliphatic heterocycles. The van der Waals surface area contributed by atoms with Gasteiger partial charge in [0.1, 0.15) is 5.82 Å². The minimum absolute atomic E-state index is 0.184. The van der Waals surface area contributed by atoms with Crippen molar-refractivity contribution in [3.8, 4) is 0 Å². The molecule has 1 unspecified atom stereocenters. The molecule has 15 heavy (non-hydrogen) atoms. The minimum Gasteiger partial charge on any atom is -0.396 e. The molecule has 0 aliphatic carbocycles. The Hall–Kier alpha value is -0.250. The Balaban J connectivity index is 2.47. The second kappa shape index (κ2) is 6.36. The molecule has 0 heterocycles. The Morgan fingerprint density at radius 3 is 2.93 bits per heavy atom. The molecule has 1 atom stereocenters. The lowest BCUT2D eigenvalue weighted by atomic mass is 10.2. The molecule has 0 saturated carbocycles. The van der Waals surface area contributed by atoms with E-state index in [0.29, 0.717) is 5.75 Å². The number of halogens is 2. The van der Waals surface area contributed by atoms with E-state index in [1.54, 1.807) is 17.8 Å². The summed E-state index contributed by atoms with van der Waals surface area (Å²) in [6, 6.07) is 4.83. The van der Waals surface area contributed by atoms with E-state index in [2.05, 4.69) is 0 Å². The molecule has 0 aliphatic rings. The highest BCUT2D eigenvalue weighted by Gasteiger charge is 2.06. The summed E-state index contributed by atoms with van der Waals surface area (Å²) >= 11 is 7.46. The van der Waals surface area contributed by atoms with Crippen molar-refractivity contribution >= 4 is 23.4 Å². The first kappa shape index (κ1) is 12.8. The standard InChI is InChI=1S/C11H14ClFOS/c1-8(5-14)6-15-7-9-3-2-4-10(13)11(9)12/h2-4,8,14H,5-7H2,1H3. The maximum absolute atomic E-state index is 13.1. The number of aliphatic hydroxyl groups excluding tert-OH is 1. The fraction of sp³-hybridized carbons (Fsp3) is 0.455. The molecule has 1 rings (SSSR count). The molecule has 0 fully saturated rings. The maximum atomic E-state index is 13.1. The molecule has 0 spiro atoms. The van der Waals surface area contributed by atoms with E-state index < -0.39 is 0 Å². The zero-order valence-corrected chi connectivity index (χ0v) is 10.1. The minimum atomic E-state index is -0.370. The molecule has 0 amide bonds. The maximum Gasteiger partial charge on any atom is 0.142 e. The lowest BCUT2D eigenvalue weighted by Gasteiger charge is -2.08. The van der Waals surface area contributed by atoms with Crippen molar-refractivity contribution in [2.75, 3.05) is 12.4 Å². The van der Waals surface area contributed by atoms with Crippen LogP contribution in [0.1, 0.15) is 12.5 Å². The predicted octanol–water partition coefficient (Wildman–Crippen LogP) is 3.34. The molecule has 1 N–H and O–H groups in total. The molecule has 1 aromatic carbocycles. The van der Waals surface area contributed by atoms with Crippen molar-refractivity contribution in [3.05, 3.63) is 34.6 Å². The number of benzene rings is 1. The van der Waals surface area contributed by atoms with Crippen LogP contribution in [-0.4, -0.2) is 17.5 Å². The van der Waals surface area contributed by atoms with Gasteiger partial charge in [-0.05, 0) is 23.3 Å². The topological polar surface area (TPSA) is 20.2 Å². The van der Waals surface area contributed by atoms with Crippen LogP contribution in [0.25, 0.3) is 0 Å². The Labute approximate surface area is 98.6 Å². The van der Waals surface area contributed by atoms with Gasteiger partial charge in [-0.1, -0.05) is 30.7 Å². The number of rotatable bonds is 5. The van der Waals surface area contributed by atoms with Crippen LogP contribution in [0, 0.1) is 11.7 Å². The van der Waals surface area contributed by atoms with Crippen LogP contribution >= 0.6 is 23.4 Å². The number of hydrogen-bond donors (Lipinski definition) is 1. The van der Waals surface area contributed by atoms with Crippen LogP contribution in [0.2, 0.25) is 5.02 Å². The fourth-order valence-electron chi connectivity index (χ4n) is 1.08. The van der Waals surface area contributed by atoms with Crippen molar-refractivity contribution in [1.82, 2.24) is 0 Å². The van der Waals surface area contributed by atoms with E-state index in [0.717, 1.165) is 11.3 Å². The average Bonchev–Trinajstić information content (AvgIpc) is 2.24. The SMILES string of the molecule is CC(CO)CSCc1cccc(F)c1Cl. The monoisotopic (exact) mass is 248 g/mol. The Morgan fingerprint density at radius 1 is 1.53 bits per heavy atom. The van der Waals surface area contributed by atoms with Crippen LogP contribution in [-0.2, 0) is 5.75 Å². The zero-order chi connectivity index (χ0) is 11.3. The molecule has 1 nitrogen and oxygen atoms in total. The molecular weight excluding hydrogens is 235 g/mol. The number of hydrogen-bond acceptors (Lipinski definition) is 2. The Morgan fingerprint density at radius 2 is 2.27 bits per heavy atom. The summed E-state index contributed by atoms with van der Waals surface area (Å²) in [6.45, 7) is 2.16. The number of aliphatic hydroxyl groups is 1. The molecule has 84 valence electrons. The van der Waals surface area contributed by atoms with Gasteiger partial charge in [0.25, 0.3) is 0 Å². The highest BCUT2D eigenvalue weighted by Crippen LogP contribution is 2.24. The summed E-state index contributed by atoms with van der Waals surface area (Å²) in [6.07, 6.45) is 0. The molecule has 0 aromatic heterocycles. The van der Waals surface area contributed by atoms with Gasteiger partial charge < -0.3 is 5.11 Å². The summed E-state index contributed by atoms with van der Waals surface area (Å²) in [5.74, 6) is 1.43. The third-order valence-electron chi connectivity index (χ3n) is 2.00.